The summed E-state index contributed by atoms with van der Waals surface area (Å²) in [5, 5.41) is 21.4. The third-order valence-corrected chi connectivity index (χ3v) is 5.75. The minimum Gasteiger partial charge on any atom is -0.367 e. The van der Waals surface area contributed by atoms with Crippen molar-refractivity contribution in [2.24, 2.45) is 16.7 Å². The molecule has 4 nitrogen and oxygen atoms in total. The van der Waals surface area contributed by atoms with Crippen LogP contribution in [0.25, 0.3) is 0 Å². The molecule has 2 rings (SSSR count). The lowest BCUT2D eigenvalue weighted by atomic mass is 10.0. The predicted molar refractivity (Wildman–Crippen MR) is 85.0 cm³/mol. The largest absolute Gasteiger partial charge is 0.367 e. The zero-order chi connectivity index (χ0) is 15.8. The molecule has 0 unspecified atom stereocenters. The van der Waals surface area contributed by atoms with E-state index in [2.05, 4.69) is 56.2 Å². The van der Waals surface area contributed by atoms with Gasteiger partial charge in [-0.15, -0.1) is 5.10 Å². The molecule has 1 N–H and O–H groups in total. The topological polar surface area (TPSA) is 61.6 Å². The number of nitrogens with one attached hydrogen (secondary N) is 1. The molecule has 1 saturated carbocycles. The second-order valence-electron chi connectivity index (χ2n) is 7.04. The van der Waals surface area contributed by atoms with Gasteiger partial charge in [0.05, 0.1) is 5.69 Å². The Balaban J connectivity index is 2.21. The van der Waals surface area contributed by atoms with E-state index < -0.39 is 0 Å². The second-order valence-corrected chi connectivity index (χ2v) is 7.04. The van der Waals surface area contributed by atoms with Gasteiger partial charge in [0.25, 0.3) is 0 Å². The van der Waals surface area contributed by atoms with Crippen LogP contribution < -0.4 is 5.32 Å². The second kappa shape index (κ2) is 5.29. The van der Waals surface area contributed by atoms with Gasteiger partial charge >= 0.3 is 0 Å². The van der Waals surface area contributed by atoms with Gasteiger partial charge in [-0.25, -0.2) is 0 Å². The molecule has 1 aromatic rings. The fourth-order valence-electron chi connectivity index (χ4n) is 3.46. The first-order valence-electron chi connectivity index (χ1n) is 7.83. The summed E-state index contributed by atoms with van der Waals surface area (Å²) >= 11 is 0. The number of nitrogens with zero attached hydrogens (tertiary/aromatic N) is 3. The fraction of sp³-hybridized carbons (Fsp3) is 0.706. The van der Waals surface area contributed by atoms with Crippen LogP contribution in [-0.4, -0.2) is 16.7 Å². The number of anilines is 1. The van der Waals surface area contributed by atoms with Crippen molar-refractivity contribution in [2.45, 2.75) is 54.4 Å². The minimum atomic E-state index is 0.331. The number of nitriles is 1. The maximum atomic E-state index is 9.48. The third-order valence-electron chi connectivity index (χ3n) is 5.75. The van der Waals surface area contributed by atoms with E-state index in [0.29, 0.717) is 28.1 Å². The molecule has 1 aliphatic rings. The fourth-order valence-corrected chi connectivity index (χ4v) is 3.46. The molecule has 0 amide bonds. The van der Waals surface area contributed by atoms with Crippen molar-refractivity contribution in [3.63, 3.8) is 0 Å². The normalized spacial score (nSPS) is 19.1. The van der Waals surface area contributed by atoms with Crippen molar-refractivity contribution in [3.8, 4) is 6.07 Å². The van der Waals surface area contributed by atoms with Crippen molar-refractivity contribution >= 4 is 5.82 Å². The molecule has 1 fully saturated rings. The smallest absolute Gasteiger partial charge is 0.166 e. The molecule has 0 bridgehead atoms. The minimum absolute atomic E-state index is 0.331. The molecule has 0 spiro atoms. The van der Waals surface area contributed by atoms with Gasteiger partial charge < -0.3 is 5.32 Å². The lowest BCUT2D eigenvalue weighted by Gasteiger charge is -2.12. The van der Waals surface area contributed by atoms with E-state index in [0.717, 1.165) is 30.6 Å². The van der Waals surface area contributed by atoms with Gasteiger partial charge in [0.15, 0.2) is 5.82 Å². The Morgan fingerprint density at radius 2 is 1.71 bits per heavy atom. The average molecular weight is 286 g/mol. The van der Waals surface area contributed by atoms with Crippen molar-refractivity contribution < 1.29 is 0 Å². The quantitative estimate of drug-likeness (QED) is 0.899. The summed E-state index contributed by atoms with van der Waals surface area (Å²) in [5.41, 5.74) is 3.30. The Kier molecular flexibility index (Phi) is 3.97. The van der Waals surface area contributed by atoms with Gasteiger partial charge in [-0.2, -0.15) is 10.4 Å². The Labute approximate surface area is 128 Å². The highest BCUT2D eigenvalue weighted by Gasteiger charge is 2.64. The van der Waals surface area contributed by atoms with Crippen molar-refractivity contribution in [2.75, 3.05) is 11.9 Å². The summed E-state index contributed by atoms with van der Waals surface area (Å²) in [5.74, 6) is 1.24. The summed E-state index contributed by atoms with van der Waals surface area (Å²) in [4.78, 5) is 0. The molecule has 1 aromatic heterocycles. The van der Waals surface area contributed by atoms with Gasteiger partial charge in [0, 0.05) is 6.54 Å². The standard InChI is InChI=1S/C17H26N4/c1-7-11-12(9-18)15(21-20-13(11)8-2)19-10-14-16(3,4)17(14,5)6/h14H,7-8,10H2,1-6H3,(H,19,21). The van der Waals surface area contributed by atoms with Crippen LogP contribution in [0.3, 0.4) is 0 Å². The lowest BCUT2D eigenvalue weighted by molar-refractivity contribution is 0.457. The lowest BCUT2D eigenvalue weighted by Crippen LogP contribution is -2.14. The molecular formula is C17H26N4. The van der Waals surface area contributed by atoms with E-state index in [4.69, 9.17) is 0 Å². The molecule has 1 aliphatic carbocycles. The molecule has 0 atom stereocenters. The van der Waals surface area contributed by atoms with Gasteiger partial charge in [-0.1, -0.05) is 41.5 Å². The molecule has 1 heterocycles. The van der Waals surface area contributed by atoms with Gasteiger partial charge in [-0.05, 0) is 35.2 Å². The monoisotopic (exact) mass is 286 g/mol. The highest BCUT2D eigenvalue weighted by atomic mass is 15.2. The highest BCUT2D eigenvalue weighted by molar-refractivity contribution is 5.56. The summed E-state index contributed by atoms with van der Waals surface area (Å²) in [6.07, 6.45) is 1.63. The van der Waals surface area contributed by atoms with Gasteiger partial charge in [0.1, 0.15) is 11.6 Å². The maximum Gasteiger partial charge on any atom is 0.166 e. The van der Waals surface area contributed by atoms with E-state index in [1.807, 2.05) is 6.92 Å². The zero-order valence-corrected chi connectivity index (χ0v) is 14.0. The number of aryl methyl sites for hydroxylation is 1. The van der Waals surface area contributed by atoms with Crippen LogP contribution in [-0.2, 0) is 12.8 Å². The van der Waals surface area contributed by atoms with Gasteiger partial charge in [-0.3, -0.25) is 0 Å². The average Bonchev–Trinajstić information content (AvgIpc) is 2.84. The van der Waals surface area contributed by atoms with Crippen molar-refractivity contribution in [1.82, 2.24) is 10.2 Å². The first kappa shape index (κ1) is 15.8. The predicted octanol–water partition coefficient (Wildman–Crippen LogP) is 3.57. The van der Waals surface area contributed by atoms with E-state index in [9.17, 15) is 5.26 Å². The zero-order valence-electron chi connectivity index (χ0n) is 14.0. The van der Waals surface area contributed by atoms with E-state index in [1.165, 1.54) is 0 Å². The molecular weight excluding hydrogens is 260 g/mol. The Morgan fingerprint density at radius 3 is 2.14 bits per heavy atom. The Hall–Kier alpha value is -1.63. The van der Waals surface area contributed by atoms with E-state index in [-0.39, 0.29) is 0 Å². The number of rotatable bonds is 5. The first-order valence-corrected chi connectivity index (χ1v) is 7.83. The van der Waals surface area contributed by atoms with Crippen LogP contribution in [0.4, 0.5) is 5.82 Å². The van der Waals surface area contributed by atoms with Crippen LogP contribution >= 0.6 is 0 Å². The molecule has 0 radical (unpaired) electrons. The molecule has 21 heavy (non-hydrogen) atoms. The summed E-state index contributed by atoms with van der Waals surface area (Å²) in [6, 6.07) is 2.31. The summed E-state index contributed by atoms with van der Waals surface area (Å²) in [6.45, 7) is 14.2. The number of aromatic nitrogens is 2. The van der Waals surface area contributed by atoms with E-state index >= 15 is 0 Å². The van der Waals surface area contributed by atoms with Crippen LogP contribution in [0.15, 0.2) is 0 Å². The van der Waals surface area contributed by atoms with Crippen molar-refractivity contribution in [3.05, 3.63) is 16.8 Å². The molecule has 114 valence electrons. The van der Waals surface area contributed by atoms with Crippen LogP contribution in [0.5, 0.6) is 0 Å². The number of hydrogen-bond acceptors (Lipinski definition) is 4. The van der Waals surface area contributed by atoms with Crippen LogP contribution in [0.2, 0.25) is 0 Å². The Bertz CT molecular complexity index is 567. The molecule has 0 aromatic carbocycles. The summed E-state index contributed by atoms with van der Waals surface area (Å²) < 4.78 is 0. The third kappa shape index (κ3) is 2.39. The van der Waals surface area contributed by atoms with Crippen LogP contribution in [0, 0.1) is 28.1 Å². The van der Waals surface area contributed by atoms with Gasteiger partial charge in [0.2, 0.25) is 0 Å². The maximum absolute atomic E-state index is 9.48. The van der Waals surface area contributed by atoms with Crippen molar-refractivity contribution in [1.29, 1.82) is 5.26 Å². The molecule has 0 aliphatic heterocycles. The molecule has 0 saturated heterocycles. The number of hydrogen-bond donors (Lipinski definition) is 1. The Morgan fingerprint density at radius 1 is 1.10 bits per heavy atom. The van der Waals surface area contributed by atoms with Crippen LogP contribution in [0.1, 0.15) is 58.4 Å². The SMILES string of the molecule is CCc1nnc(NCC2C(C)(C)C2(C)C)c(C#N)c1CC. The summed E-state index contributed by atoms with van der Waals surface area (Å²) in [7, 11) is 0. The molecule has 4 heteroatoms. The highest BCUT2D eigenvalue weighted by Crippen LogP contribution is 2.68. The first-order chi connectivity index (χ1) is 9.81. The van der Waals surface area contributed by atoms with E-state index in [1.54, 1.807) is 0 Å².